The predicted octanol–water partition coefficient (Wildman–Crippen LogP) is 2.76. The second kappa shape index (κ2) is 6.18. The molecule has 1 heterocycles. The van der Waals surface area contributed by atoms with Gasteiger partial charge in [-0.1, -0.05) is 24.3 Å². The summed E-state index contributed by atoms with van der Waals surface area (Å²) in [5, 5.41) is 9.12. The first-order valence-corrected chi connectivity index (χ1v) is 9.01. The molecule has 1 aromatic heterocycles. The third kappa shape index (κ3) is 2.91. The normalized spacial score (nSPS) is 23.3. The quantitative estimate of drug-likeness (QED) is 0.941. The first kappa shape index (κ1) is 15.2. The van der Waals surface area contributed by atoms with Crippen molar-refractivity contribution in [3.05, 3.63) is 60.4 Å². The Kier molecular flexibility index (Phi) is 4.27. The van der Waals surface area contributed by atoms with Crippen molar-refractivity contribution >= 4 is 9.84 Å². The SMILES string of the molecule is O=S(=O)(c1ccccc1)C(c1ccccn1)C1CCC(O)C1. The molecule has 3 rings (SSSR count). The average Bonchev–Trinajstić information content (AvgIpc) is 2.95. The molecule has 1 saturated carbocycles. The van der Waals surface area contributed by atoms with Gasteiger partial charge in [0, 0.05) is 6.20 Å². The lowest BCUT2D eigenvalue weighted by Gasteiger charge is -2.23. The lowest BCUT2D eigenvalue weighted by molar-refractivity contribution is 0.177. The molecular formula is C17H19NO3S. The Bertz CT molecular complexity index is 716. The fourth-order valence-corrected chi connectivity index (χ4v) is 5.26. The Balaban J connectivity index is 2.06. The van der Waals surface area contributed by atoms with Crippen molar-refractivity contribution in [2.45, 2.75) is 35.5 Å². The number of pyridine rings is 1. The topological polar surface area (TPSA) is 67.3 Å². The molecular weight excluding hydrogens is 298 g/mol. The molecule has 1 N–H and O–H groups in total. The van der Waals surface area contributed by atoms with E-state index in [1.54, 1.807) is 54.7 Å². The van der Waals surface area contributed by atoms with Crippen LogP contribution in [0.5, 0.6) is 0 Å². The monoisotopic (exact) mass is 317 g/mol. The maximum absolute atomic E-state index is 13.1. The molecule has 0 aliphatic heterocycles. The Morgan fingerprint density at radius 3 is 2.36 bits per heavy atom. The van der Waals surface area contributed by atoms with Crippen molar-refractivity contribution in [3.8, 4) is 0 Å². The maximum atomic E-state index is 13.1. The van der Waals surface area contributed by atoms with Gasteiger partial charge in [0.1, 0.15) is 5.25 Å². The van der Waals surface area contributed by atoms with Crippen LogP contribution in [-0.2, 0) is 9.84 Å². The summed E-state index contributed by atoms with van der Waals surface area (Å²) in [7, 11) is -3.53. The van der Waals surface area contributed by atoms with E-state index < -0.39 is 21.2 Å². The molecule has 1 fully saturated rings. The highest BCUT2D eigenvalue weighted by Crippen LogP contribution is 2.42. The average molecular weight is 317 g/mol. The van der Waals surface area contributed by atoms with E-state index in [9.17, 15) is 13.5 Å². The van der Waals surface area contributed by atoms with E-state index >= 15 is 0 Å². The zero-order chi connectivity index (χ0) is 15.6. The minimum absolute atomic E-state index is 0.102. The minimum atomic E-state index is -3.53. The number of rotatable bonds is 4. The fraction of sp³-hybridized carbons (Fsp3) is 0.353. The van der Waals surface area contributed by atoms with Crippen molar-refractivity contribution in [2.24, 2.45) is 5.92 Å². The van der Waals surface area contributed by atoms with E-state index in [0.717, 1.165) is 0 Å². The lowest BCUT2D eigenvalue weighted by Crippen LogP contribution is -2.22. The van der Waals surface area contributed by atoms with Gasteiger partial charge in [-0.15, -0.1) is 0 Å². The van der Waals surface area contributed by atoms with E-state index in [4.69, 9.17) is 0 Å². The van der Waals surface area contributed by atoms with Crippen LogP contribution >= 0.6 is 0 Å². The van der Waals surface area contributed by atoms with Crippen LogP contribution in [0.4, 0.5) is 0 Å². The number of sulfone groups is 1. The molecule has 5 heteroatoms. The summed E-state index contributed by atoms with van der Waals surface area (Å²) in [5.41, 5.74) is 0.561. The van der Waals surface area contributed by atoms with Crippen LogP contribution in [0.25, 0.3) is 0 Å². The van der Waals surface area contributed by atoms with Gasteiger partial charge in [-0.3, -0.25) is 4.98 Å². The molecule has 22 heavy (non-hydrogen) atoms. The molecule has 0 spiro atoms. The standard InChI is InChI=1S/C17H19NO3S/c19-14-10-9-13(12-14)17(16-8-4-5-11-18-16)22(20,21)15-6-2-1-3-7-15/h1-8,11,13-14,17,19H,9-10,12H2. The zero-order valence-corrected chi connectivity index (χ0v) is 13.0. The van der Waals surface area contributed by atoms with E-state index in [2.05, 4.69) is 4.98 Å². The summed E-state index contributed by atoms with van der Waals surface area (Å²) in [4.78, 5) is 4.59. The first-order valence-electron chi connectivity index (χ1n) is 7.47. The van der Waals surface area contributed by atoms with Gasteiger partial charge in [0.05, 0.1) is 16.7 Å². The van der Waals surface area contributed by atoms with E-state index in [-0.39, 0.29) is 5.92 Å². The van der Waals surface area contributed by atoms with Gasteiger partial charge in [0.25, 0.3) is 0 Å². The third-order valence-electron chi connectivity index (χ3n) is 4.26. The molecule has 3 unspecified atom stereocenters. The minimum Gasteiger partial charge on any atom is -0.393 e. The van der Waals surface area contributed by atoms with Gasteiger partial charge in [0.15, 0.2) is 9.84 Å². The smallest absolute Gasteiger partial charge is 0.187 e. The van der Waals surface area contributed by atoms with Gasteiger partial charge >= 0.3 is 0 Å². The summed E-state index contributed by atoms with van der Waals surface area (Å²) < 4.78 is 26.2. The number of aromatic nitrogens is 1. The van der Waals surface area contributed by atoms with Crippen LogP contribution in [0.1, 0.15) is 30.2 Å². The van der Waals surface area contributed by atoms with Crippen molar-refractivity contribution in [2.75, 3.05) is 0 Å². The second-order valence-electron chi connectivity index (χ2n) is 5.76. The molecule has 1 aliphatic rings. The number of hydrogen-bond donors (Lipinski definition) is 1. The third-order valence-corrected chi connectivity index (χ3v) is 6.48. The first-order chi connectivity index (χ1) is 10.6. The number of hydrogen-bond acceptors (Lipinski definition) is 4. The highest BCUT2D eigenvalue weighted by Gasteiger charge is 2.40. The highest BCUT2D eigenvalue weighted by atomic mass is 32.2. The van der Waals surface area contributed by atoms with Crippen molar-refractivity contribution in [1.29, 1.82) is 0 Å². The summed E-state index contributed by atoms with van der Waals surface area (Å²) in [5.74, 6) is -0.102. The van der Waals surface area contributed by atoms with Crippen LogP contribution in [0.15, 0.2) is 59.6 Å². The summed E-state index contributed by atoms with van der Waals surface area (Å²) in [6.45, 7) is 0. The molecule has 3 atom stereocenters. The molecule has 1 aliphatic carbocycles. The van der Waals surface area contributed by atoms with Crippen LogP contribution < -0.4 is 0 Å². The number of aliphatic hydroxyl groups is 1. The Morgan fingerprint density at radius 2 is 1.77 bits per heavy atom. The van der Waals surface area contributed by atoms with Gasteiger partial charge in [-0.2, -0.15) is 0 Å². The predicted molar refractivity (Wildman–Crippen MR) is 84.0 cm³/mol. The van der Waals surface area contributed by atoms with Crippen molar-refractivity contribution < 1.29 is 13.5 Å². The molecule has 116 valence electrons. The Labute approximate surface area is 130 Å². The molecule has 0 bridgehead atoms. The van der Waals surface area contributed by atoms with Gasteiger partial charge in [-0.25, -0.2) is 8.42 Å². The Hall–Kier alpha value is -1.72. The Morgan fingerprint density at radius 1 is 1.05 bits per heavy atom. The number of nitrogens with zero attached hydrogens (tertiary/aromatic N) is 1. The van der Waals surface area contributed by atoms with Crippen molar-refractivity contribution in [3.63, 3.8) is 0 Å². The van der Waals surface area contributed by atoms with Gasteiger partial charge < -0.3 is 5.11 Å². The maximum Gasteiger partial charge on any atom is 0.187 e. The van der Waals surface area contributed by atoms with E-state index in [1.165, 1.54) is 0 Å². The molecule has 2 aromatic rings. The van der Waals surface area contributed by atoms with Crippen LogP contribution in [-0.4, -0.2) is 24.6 Å². The summed E-state index contributed by atoms with van der Waals surface area (Å²) >= 11 is 0. The number of aliphatic hydroxyl groups excluding tert-OH is 1. The molecule has 1 aromatic carbocycles. The van der Waals surface area contributed by atoms with Crippen LogP contribution in [0, 0.1) is 5.92 Å². The fourth-order valence-electron chi connectivity index (χ4n) is 3.22. The highest BCUT2D eigenvalue weighted by molar-refractivity contribution is 7.91. The van der Waals surface area contributed by atoms with Gasteiger partial charge in [0.2, 0.25) is 0 Å². The molecule has 0 amide bonds. The van der Waals surface area contributed by atoms with Crippen molar-refractivity contribution in [1.82, 2.24) is 4.98 Å². The number of benzene rings is 1. The van der Waals surface area contributed by atoms with E-state index in [1.807, 2.05) is 0 Å². The summed E-state index contributed by atoms with van der Waals surface area (Å²) in [6, 6.07) is 13.8. The van der Waals surface area contributed by atoms with Crippen LogP contribution in [0.2, 0.25) is 0 Å². The van der Waals surface area contributed by atoms with Gasteiger partial charge in [-0.05, 0) is 49.4 Å². The van der Waals surface area contributed by atoms with Crippen LogP contribution in [0.3, 0.4) is 0 Å². The molecule has 0 radical (unpaired) electrons. The van der Waals surface area contributed by atoms with E-state index in [0.29, 0.717) is 29.9 Å². The second-order valence-corrected chi connectivity index (χ2v) is 7.83. The lowest BCUT2D eigenvalue weighted by atomic mass is 10.0. The zero-order valence-electron chi connectivity index (χ0n) is 12.2. The molecule has 4 nitrogen and oxygen atoms in total. The summed E-state index contributed by atoms with van der Waals surface area (Å²) in [6.07, 6.45) is 3.07. The largest absolute Gasteiger partial charge is 0.393 e. The molecule has 0 saturated heterocycles.